The first-order valence-electron chi connectivity index (χ1n) is 9.05. The van der Waals surface area contributed by atoms with Crippen molar-refractivity contribution in [1.29, 1.82) is 0 Å². The van der Waals surface area contributed by atoms with Gasteiger partial charge < -0.3 is 20.9 Å². The van der Waals surface area contributed by atoms with Crippen LogP contribution in [-0.2, 0) is 6.54 Å². The molecule has 1 aliphatic rings. The van der Waals surface area contributed by atoms with E-state index in [-0.39, 0.29) is 16.8 Å². The molecule has 0 aromatic heterocycles. The van der Waals surface area contributed by atoms with Crippen molar-refractivity contribution in [2.45, 2.75) is 45.0 Å². The number of thioether (sulfide) groups is 1. The van der Waals surface area contributed by atoms with Crippen molar-refractivity contribution in [1.82, 2.24) is 15.5 Å². The van der Waals surface area contributed by atoms with Gasteiger partial charge >= 0.3 is 6.03 Å². The van der Waals surface area contributed by atoms with Gasteiger partial charge in [-0.2, -0.15) is 11.8 Å². The lowest BCUT2D eigenvalue weighted by molar-refractivity contribution is 0.250. The first-order valence-corrected chi connectivity index (χ1v) is 10.0. The molecule has 1 heterocycles. The van der Waals surface area contributed by atoms with E-state index in [9.17, 15) is 4.79 Å². The fourth-order valence-corrected chi connectivity index (χ4v) is 3.96. The molecule has 26 heavy (non-hydrogen) atoms. The van der Waals surface area contributed by atoms with E-state index in [0.717, 1.165) is 36.1 Å². The van der Waals surface area contributed by atoms with Crippen molar-refractivity contribution in [3.8, 4) is 0 Å². The Morgan fingerprint density at radius 3 is 2.58 bits per heavy atom. The van der Waals surface area contributed by atoms with E-state index in [1.807, 2.05) is 56.9 Å². The van der Waals surface area contributed by atoms with Gasteiger partial charge in [0, 0.05) is 48.9 Å². The van der Waals surface area contributed by atoms with E-state index >= 15 is 0 Å². The largest absolute Gasteiger partial charge is 0.352 e. The molecule has 2 rings (SSSR count). The summed E-state index contributed by atoms with van der Waals surface area (Å²) in [6.07, 6.45) is 0. The van der Waals surface area contributed by atoms with Crippen LogP contribution in [0.2, 0.25) is 0 Å². The Labute approximate surface area is 161 Å². The Morgan fingerprint density at radius 1 is 1.31 bits per heavy atom. The van der Waals surface area contributed by atoms with Crippen molar-refractivity contribution >= 4 is 29.4 Å². The topological polar surface area (TPSA) is 68.8 Å². The maximum absolute atomic E-state index is 11.7. The van der Waals surface area contributed by atoms with Gasteiger partial charge in [0.15, 0.2) is 5.96 Å². The van der Waals surface area contributed by atoms with Crippen molar-refractivity contribution < 1.29 is 4.79 Å². The number of benzene rings is 1. The number of urea groups is 1. The van der Waals surface area contributed by atoms with E-state index in [2.05, 4.69) is 39.7 Å². The SMILES string of the molecule is CN=C(NCc1ccc(NC(=O)NC(C)C)cc1)N1CCSC(C)(C)C1. The number of rotatable bonds is 4. The van der Waals surface area contributed by atoms with Crippen LogP contribution in [0.25, 0.3) is 0 Å². The summed E-state index contributed by atoms with van der Waals surface area (Å²) >= 11 is 2.01. The molecule has 3 N–H and O–H groups in total. The smallest absolute Gasteiger partial charge is 0.319 e. The number of nitrogens with one attached hydrogen (secondary N) is 3. The Kier molecular flexibility index (Phi) is 7.20. The zero-order valence-electron chi connectivity index (χ0n) is 16.4. The molecule has 0 unspecified atom stereocenters. The fourth-order valence-electron chi connectivity index (χ4n) is 2.85. The average Bonchev–Trinajstić information content (AvgIpc) is 2.55. The molecule has 1 aliphatic heterocycles. The molecule has 1 aromatic carbocycles. The number of guanidine groups is 1. The summed E-state index contributed by atoms with van der Waals surface area (Å²) in [5.74, 6) is 2.06. The maximum atomic E-state index is 11.7. The second kappa shape index (κ2) is 9.16. The van der Waals surface area contributed by atoms with E-state index < -0.39 is 0 Å². The van der Waals surface area contributed by atoms with Crippen LogP contribution in [-0.4, -0.2) is 53.6 Å². The highest BCUT2D eigenvalue weighted by Crippen LogP contribution is 2.29. The molecule has 144 valence electrons. The first-order chi connectivity index (χ1) is 12.3. The Morgan fingerprint density at radius 2 is 2.00 bits per heavy atom. The van der Waals surface area contributed by atoms with Gasteiger partial charge in [-0.05, 0) is 45.4 Å². The lowest BCUT2D eigenvalue weighted by Crippen LogP contribution is -2.50. The second-order valence-electron chi connectivity index (χ2n) is 7.38. The number of hydrogen-bond acceptors (Lipinski definition) is 3. The highest BCUT2D eigenvalue weighted by molar-refractivity contribution is 8.00. The van der Waals surface area contributed by atoms with Gasteiger partial charge in [-0.25, -0.2) is 4.79 Å². The molecule has 1 fully saturated rings. The summed E-state index contributed by atoms with van der Waals surface area (Å²) in [5.41, 5.74) is 1.93. The quantitative estimate of drug-likeness (QED) is 0.557. The molecule has 0 atom stereocenters. The number of anilines is 1. The number of hydrogen-bond donors (Lipinski definition) is 3. The number of amides is 2. The molecule has 1 aromatic rings. The lowest BCUT2D eigenvalue weighted by Gasteiger charge is -2.39. The van der Waals surface area contributed by atoms with Gasteiger partial charge in [-0.3, -0.25) is 4.99 Å². The molecule has 6 nitrogen and oxygen atoms in total. The van der Waals surface area contributed by atoms with E-state index in [0.29, 0.717) is 6.54 Å². The Hall–Kier alpha value is -1.89. The number of aliphatic imine (C=N–C) groups is 1. The van der Waals surface area contributed by atoms with E-state index in [1.165, 1.54) is 0 Å². The predicted molar refractivity (Wildman–Crippen MR) is 112 cm³/mol. The van der Waals surface area contributed by atoms with Crippen molar-refractivity contribution in [2.75, 3.05) is 31.2 Å². The van der Waals surface area contributed by atoms with Crippen molar-refractivity contribution in [3.63, 3.8) is 0 Å². The molecule has 7 heteroatoms. The molecular weight excluding hydrogens is 346 g/mol. The normalized spacial score (nSPS) is 17.2. The highest BCUT2D eigenvalue weighted by Gasteiger charge is 2.28. The molecule has 1 saturated heterocycles. The number of carbonyl (C=O) groups is 1. The molecule has 0 aliphatic carbocycles. The van der Waals surface area contributed by atoms with Crippen LogP contribution in [0.3, 0.4) is 0 Å². The average molecular weight is 378 g/mol. The Bertz CT molecular complexity index is 627. The van der Waals surface area contributed by atoms with Gasteiger partial charge in [-0.1, -0.05) is 12.1 Å². The zero-order valence-corrected chi connectivity index (χ0v) is 17.2. The van der Waals surface area contributed by atoms with Crippen LogP contribution in [0.1, 0.15) is 33.3 Å². The third-order valence-corrected chi connectivity index (χ3v) is 5.32. The molecule has 0 radical (unpaired) electrons. The van der Waals surface area contributed by atoms with Crippen molar-refractivity contribution in [2.24, 2.45) is 4.99 Å². The molecular formula is C19H31N5OS. The zero-order chi connectivity index (χ0) is 19.2. The summed E-state index contributed by atoms with van der Waals surface area (Å²) in [6.45, 7) is 11.1. The summed E-state index contributed by atoms with van der Waals surface area (Å²) in [5, 5.41) is 9.09. The minimum Gasteiger partial charge on any atom is -0.352 e. The summed E-state index contributed by atoms with van der Waals surface area (Å²) in [7, 11) is 1.83. The predicted octanol–water partition coefficient (Wildman–Crippen LogP) is 3.12. The van der Waals surface area contributed by atoms with E-state index in [4.69, 9.17) is 0 Å². The first kappa shape index (κ1) is 20.4. The van der Waals surface area contributed by atoms with E-state index in [1.54, 1.807) is 0 Å². The summed E-state index contributed by atoms with van der Waals surface area (Å²) < 4.78 is 0.250. The summed E-state index contributed by atoms with van der Waals surface area (Å²) in [6, 6.07) is 7.80. The van der Waals surface area contributed by atoms with Gasteiger partial charge in [0.2, 0.25) is 0 Å². The molecule has 0 saturated carbocycles. The molecule has 2 amide bonds. The standard InChI is InChI=1S/C19H31N5OS/c1-14(2)22-18(25)23-16-8-6-15(7-9-16)12-21-17(20-5)24-10-11-26-19(3,4)13-24/h6-9,14H,10-13H2,1-5H3,(H,20,21)(H2,22,23,25). The minimum absolute atomic E-state index is 0.114. The third kappa shape index (κ3) is 6.44. The monoisotopic (exact) mass is 377 g/mol. The van der Waals surface area contributed by atoms with Gasteiger partial charge in [0.05, 0.1) is 0 Å². The fraction of sp³-hybridized carbons (Fsp3) is 0.579. The van der Waals surface area contributed by atoms with Gasteiger partial charge in [-0.15, -0.1) is 0 Å². The Balaban J connectivity index is 1.87. The van der Waals surface area contributed by atoms with Crippen LogP contribution < -0.4 is 16.0 Å². The molecule has 0 spiro atoms. The minimum atomic E-state index is -0.183. The van der Waals surface area contributed by atoms with Crippen LogP contribution in [0.5, 0.6) is 0 Å². The third-order valence-electron chi connectivity index (χ3n) is 4.02. The number of nitrogens with zero attached hydrogens (tertiary/aromatic N) is 2. The van der Waals surface area contributed by atoms with Crippen LogP contribution in [0.4, 0.5) is 10.5 Å². The lowest BCUT2D eigenvalue weighted by atomic mass is 10.2. The highest BCUT2D eigenvalue weighted by atomic mass is 32.2. The summed E-state index contributed by atoms with van der Waals surface area (Å²) in [4.78, 5) is 18.5. The van der Waals surface area contributed by atoms with Crippen LogP contribution >= 0.6 is 11.8 Å². The second-order valence-corrected chi connectivity index (χ2v) is 9.18. The van der Waals surface area contributed by atoms with Gasteiger partial charge in [0.1, 0.15) is 0 Å². The van der Waals surface area contributed by atoms with Gasteiger partial charge in [0.25, 0.3) is 0 Å². The van der Waals surface area contributed by atoms with Crippen LogP contribution in [0, 0.1) is 0 Å². The number of carbonyl (C=O) groups excluding carboxylic acids is 1. The van der Waals surface area contributed by atoms with Crippen molar-refractivity contribution in [3.05, 3.63) is 29.8 Å². The maximum Gasteiger partial charge on any atom is 0.319 e. The van der Waals surface area contributed by atoms with Crippen LogP contribution in [0.15, 0.2) is 29.3 Å². The molecule has 0 bridgehead atoms.